The molecule has 31 heavy (non-hydrogen) atoms. The van der Waals surface area contributed by atoms with E-state index < -0.39 is 54.0 Å². The number of aliphatic imine (C=N–C) groups is 1. The van der Waals surface area contributed by atoms with Crippen LogP contribution < -0.4 is 27.8 Å². The van der Waals surface area contributed by atoms with Gasteiger partial charge in [-0.15, -0.1) is 0 Å². The lowest BCUT2D eigenvalue weighted by atomic mass is 10.1. The quantitative estimate of drug-likeness (QED) is 0.0968. The summed E-state index contributed by atoms with van der Waals surface area (Å²) >= 11 is 0. The number of likely N-dealkylation sites (tertiary alicyclic amines) is 1. The van der Waals surface area contributed by atoms with Crippen molar-refractivity contribution in [1.82, 2.24) is 15.5 Å². The van der Waals surface area contributed by atoms with E-state index >= 15 is 0 Å². The van der Waals surface area contributed by atoms with Gasteiger partial charge in [0.2, 0.25) is 17.7 Å². The van der Waals surface area contributed by atoms with Crippen LogP contribution in [0.2, 0.25) is 0 Å². The van der Waals surface area contributed by atoms with Crippen LogP contribution in [-0.4, -0.2) is 88.1 Å². The number of guanidine groups is 1. The molecule has 5 atom stereocenters. The average molecular weight is 444 g/mol. The van der Waals surface area contributed by atoms with E-state index in [-0.39, 0.29) is 5.96 Å². The molecule has 0 aliphatic carbocycles. The fourth-order valence-electron chi connectivity index (χ4n) is 3.18. The molecule has 0 aromatic heterocycles. The van der Waals surface area contributed by atoms with Gasteiger partial charge in [-0.2, -0.15) is 0 Å². The number of aliphatic hydroxyl groups excluding tert-OH is 1. The van der Waals surface area contributed by atoms with Crippen LogP contribution in [0.3, 0.4) is 0 Å². The van der Waals surface area contributed by atoms with Crippen molar-refractivity contribution in [3.05, 3.63) is 0 Å². The third-order valence-electron chi connectivity index (χ3n) is 4.92. The molecule has 13 heteroatoms. The molecule has 1 saturated heterocycles. The summed E-state index contributed by atoms with van der Waals surface area (Å²) in [5, 5.41) is 23.4. The van der Waals surface area contributed by atoms with Gasteiger partial charge < -0.3 is 42.9 Å². The molecule has 5 unspecified atom stereocenters. The maximum absolute atomic E-state index is 12.8. The zero-order chi connectivity index (χ0) is 23.7. The number of nitrogens with zero attached hydrogens (tertiary/aromatic N) is 2. The van der Waals surface area contributed by atoms with Gasteiger partial charge in [0.25, 0.3) is 0 Å². The summed E-state index contributed by atoms with van der Waals surface area (Å²) in [5.74, 6) is -3.18. The minimum absolute atomic E-state index is 0.0503. The van der Waals surface area contributed by atoms with E-state index in [1.54, 1.807) is 0 Å². The van der Waals surface area contributed by atoms with Crippen molar-refractivity contribution in [1.29, 1.82) is 0 Å². The van der Waals surface area contributed by atoms with Crippen molar-refractivity contribution in [3.63, 3.8) is 0 Å². The number of nitrogens with two attached hydrogens (primary N) is 3. The highest BCUT2D eigenvalue weighted by Gasteiger charge is 2.38. The number of nitrogens with one attached hydrogen (secondary N) is 2. The topological polar surface area (TPSA) is 226 Å². The molecule has 10 N–H and O–H groups in total. The minimum Gasteiger partial charge on any atom is -0.480 e. The lowest BCUT2D eigenvalue weighted by Crippen LogP contribution is -2.59. The zero-order valence-electron chi connectivity index (χ0n) is 17.8. The Morgan fingerprint density at radius 2 is 1.84 bits per heavy atom. The van der Waals surface area contributed by atoms with Crippen LogP contribution in [0.15, 0.2) is 4.99 Å². The Labute approximate surface area is 180 Å². The normalized spacial score (nSPS) is 19.6. The van der Waals surface area contributed by atoms with Gasteiger partial charge in [-0.3, -0.25) is 24.2 Å². The number of aliphatic carboxylic acids is 1. The second-order valence-corrected chi connectivity index (χ2v) is 7.54. The van der Waals surface area contributed by atoms with E-state index in [4.69, 9.17) is 22.3 Å². The SMILES string of the molecule is CC(NC(=O)C(NC(=O)C1CCCN1C(=O)C(N)CCCN=C(N)N)C(C)O)C(=O)O. The van der Waals surface area contributed by atoms with Gasteiger partial charge in [0, 0.05) is 13.1 Å². The summed E-state index contributed by atoms with van der Waals surface area (Å²) in [6, 6.07) is -4.26. The van der Waals surface area contributed by atoms with Crippen molar-refractivity contribution in [2.24, 2.45) is 22.2 Å². The van der Waals surface area contributed by atoms with Crippen molar-refractivity contribution in [2.45, 2.75) is 69.8 Å². The first-order valence-electron chi connectivity index (χ1n) is 10.1. The molecule has 0 spiro atoms. The number of hydrogen-bond donors (Lipinski definition) is 7. The summed E-state index contributed by atoms with van der Waals surface area (Å²) < 4.78 is 0. The fraction of sp³-hybridized carbons (Fsp3) is 0.722. The van der Waals surface area contributed by atoms with Gasteiger partial charge in [-0.1, -0.05) is 0 Å². The van der Waals surface area contributed by atoms with Gasteiger partial charge in [-0.05, 0) is 39.5 Å². The summed E-state index contributed by atoms with van der Waals surface area (Å²) in [7, 11) is 0. The number of carbonyl (C=O) groups excluding carboxylic acids is 3. The zero-order valence-corrected chi connectivity index (χ0v) is 17.8. The number of carbonyl (C=O) groups is 4. The van der Waals surface area contributed by atoms with Crippen LogP contribution in [0.5, 0.6) is 0 Å². The summed E-state index contributed by atoms with van der Waals surface area (Å²) in [6.07, 6.45) is 0.478. The monoisotopic (exact) mass is 443 g/mol. The van der Waals surface area contributed by atoms with Gasteiger partial charge in [0.05, 0.1) is 12.1 Å². The van der Waals surface area contributed by atoms with Crippen LogP contribution in [0, 0.1) is 0 Å². The van der Waals surface area contributed by atoms with E-state index in [1.807, 2.05) is 0 Å². The molecule has 176 valence electrons. The second kappa shape index (κ2) is 12.1. The highest BCUT2D eigenvalue weighted by Crippen LogP contribution is 2.19. The fourth-order valence-corrected chi connectivity index (χ4v) is 3.18. The first-order chi connectivity index (χ1) is 14.5. The highest BCUT2D eigenvalue weighted by atomic mass is 16.4. The average Bonchev–Trinajstić information content (AvgIpc) is 3.17. The molecule has 0 aromatic carbocycles. The third-order valence-corrected chi connectivity index (χ3v) is 4.92. The Hall–Kier alpha value is -2.93. The molecule has 3 amide bonds. The van der Waals surface area contributed by atoms with E-state index in [0.717, 1.165) is 0 Å². The largest absolute Gasteiger partial charge is 0.480 e. The molecule has 13 nitrogen and oxygen atoms in total. The Balaban J connectivity index is 2.74. The van der Waals surface area contributed by atoms with Gasteiger partial charge >= 0.3 is 5.97 Å². The smallest absolute Gasteiger partial charge is 0.325 e. The molecule has 1 heterocycles. The molecule has 1 aliphatic rings. The third kappa shape index (κ3) is 8.02. The van der Waals surface area contributed by atoms with Crippen molar-refractivity contribution in [3.8, 4) is 0 Å². The standard InChI is InChI=1S/C18H33N7O6/c1-9(17(30)31)23-15(28)13(10(2)26)24-14(27)12-6-4-8-25(12)16(29)11(19)5-3-7-22-18(20)21/h9-13,26H,3-8,19H2,1-2H3,(H,23,28)(H,24,27)(H,30,31)(H4,20,21,22). The minimum atomic E-state index is -1.37. The molecular weight excluding hydrogens is 410 g/mol. The second-order valence-electron chi connectivity index (χ2n) is 7.54. The Kier molecular flexibility index (Phi) is 10.1. The van der Waals surface area contributed by atoms with Crippen LogP contribution >= 0.6 is 0 Å². The van der Waals surface area contributed by atoms with Gasteiger partial charge in [0.1, 0.15) is 18.1 Å². The molecule has 0 saturated carbocycles. The summed E-state index contributed by atoms with van der Waals surface area (Å²) in [6.45, 7) is 3.21. The molecule has 0 aromatic rings. The van der Waals surface area contributed by atoms with E-state index in [0.29, 0.717) is 38.8 Å². The van der Waals surface area contributed by atoms with Crippen LogP contribution in [0.1, 0.15) is 39.5 Å². The molecule has 0 bridgehead atoms. The first kappa shape index (κ1) is 26.1. The lowest BCUT2D eigenvalue weighted by molar-refractivity contribution is -0.143. The van der Waals surface area contributed by atoms with Crippen molar-refractivity contribution in [2.75, 3.05) is 13.1 Å². The molecule has 1 aliphatic heterocycles. The predicted octanol–water partition coefficient (Wildman–Crippen LogP) is -3.19. The number of amides is 3. The highest BCUT2D eigenvalue weighted by molar-refractivity contribution is 5.94. The van der Waals surface area contributed by atoms with Crippen LogP contribution in [0.4, 0.5) is 0 Å². The van der Waals surface area contributed by atoms with Crippen LogP contribution in [-0.2, 0) is 19.2 Å². The molecule has 0 radical (unpaired) electrons. The van der Waals surface area contributed by atoms with E-state index in [2.05, 4.69) is 15.6 Å². The number of aliphatic hydroxyl groups is 1. The maximum atomic E-state index is 12.8. The molecule has 1 rings (SSSR count). The lowest BCUT2D eigenvalue weighted by Gasteiger charge is -2.29. The van der Waals surface area contributed by atoms with Crippen molar-refractivity contribution >= 4 is 29.7 Å². The predicted molar refractivity (Wildman–Crippen MR) is 111 cm³/mol. The number of rotatable bonds is 11. The molecule has 1 fully saturated rings. The number of hydrogen-bond acceptors (Lipinski definition) is 7. The summed E-state index contributed by atoms with van der Waals surface area (Å²) in [5.41, 5.74) is 16.5. The summed E-state index contributed by atoms with van der Waals surface area (Å²) in [4.78, 5) is 53.9. The number of carboxylic acid groups (broad SMARTS) is 1. The Bertz CT molecular complexity index is 695. The van der Waals surface area contributed by atoms with Crippen molar-refractivity contribution < 1.29 is 29.4 Å². The molecular formula is C18H33N7O6. The van der Waals surface area contributed by atoms with Gasteiger partial charge in [-0.25, -0.2) is 0 Å². The first-order valence-corrected chi connectivity index (χ1v) is 10.1. The Morgan fingerprint density at radius 1 is 1.19 bits per heavy atom. The van der Waals surface area contributed by atoms with E-state index in [9.17, 15) is 24.3 Å². The van der Waals surface area contributed by atoms with Crippen LogP contribution in [0.25, 0.3) is 0 Å². The van der Waals surface area contributed by atoms with Gasteiger partial charge in [0.15, 0.2) is 5.96 Å². The number of carboxylic acids is 1. The van der Waals surface area contributed by atoms with E-state index in [1.165, 1.54) is 18.7 Å². The Morgan fingerprint density at radius 3 is 2.39 bits per heavy atom. The maximum Gasteiger partial charge on any atom is 0.325 e.